The highest BCUT2D eigenvalue weighted by Gasteiger charge is 2.10. The summed E-state index contributed by atoms with van der Waals surface area (Å²) >= 11 is 7.89. The largest absolute Gasteiger partial charge is 0.310 e. The average molecular weight is 280 g/mol. The molecule has 1 atom stereocenters. The van der Waals surface area contributed by atoms with Gasteiger partial charge in [0.2, 0.25) is 0 Å². The van der Waals surface area contributed by atoms with Gasteiger partial charge in [-0.15, -0.1) is 11.3 Å². The summed E-state index contributed by atoms with van der Waals surface area (Å²) in [6, 6.07) is 11.0. The molecule has 0 saturated heterocycles. The van der Waals surface area contributed by atoms with Crippen LogP contribution in [0.3, 0.4) is 0 Å². The van der Waals surface area contributed by atoms with Crippen LogP contribution in [0.5, 0.6) is 0 Å². The van der Waals surface area contributed by atoms with E-state index < -0.39 is 0 Å². The molecule has 1 heterocycles. The normalized spacial score (nSPS) is 12.6. The fraction of sp³-hybridized carbons (Fsp3) is 0.333. The molecular weight excluding hydrogens is 262 g/mol. The van der Waals surface area contributed by atoms with Crippen LogP contribution in [0.15, 0.2) is 35.7 Å². The van der Waals surface area contributed by atoms with Crippen molar-refractivity contribution in [2.75, 3.05) is 6.54 Å². The van der Waals surface area contributed by atoms with E-state index in [0.29, 0.717) is 6.04 Å². The maximum absolute atomic E-state index is 6.20. The first-order valence-electron chi connectivity index (χ1n) is 6.33. The number of hydrogen-bond acceptors (Lipinski definition) is 2. The van der Waals surface area contributed by atoms with Crippen molar-refractivity contribution in [1.29, 1.82) is 0 Å². The molecule has 18 heavy (non-hydrogen) atoms. The van der Waals surface area contributed by atoms with Crippen LogP contribution in [0.25, 0.3) is 10.4 Å². The van der Waals surface area contributed by atoms with Gasteiger partial charge < -0.3 is 5.32 Å². The lowest BCUT2D eigenvalue weighted by molar-refractivity contribution is 0.537. The van der Waals surface area contributed by atoms with Gasteiger partial charge in [0.1, 0.15) is 0 Å². The topological polar surface area (TPSA) is 12.0 Å². The number of hydrogen-bond donors (Lipinski definition) is 1. The molecule has 1 nitrogen and oxygen atoms in total. The molecular formula is C15H18ClNS. The van der Waals surface area contributed by atoms with E-state index in [-0.39, 0.29) is 0 Å². The molecule has 1 aromatic carbocycles. The van der Waals surface area contributed by atoms with Gasteiger partial charge in [0.15, 0.2) is 0 Å². The predicted molar refractivity (Wildman–Crippen MR) is 81.5 cm³/mol. The van der Waals surface area contributed by atoms with E-state index in [1.165, 1.54) is 11.1 Å². The smallest absolute Gasteiger partial charge is 0.0592 e. The Labute approximate surface area is 118 Å². The zero-order valence-corrected chi connectivity index (χ0v) is 12.3. The lowest BCUT2D eigenvalue weighted by Gasteiger charge is -2.17. The summed E-state index contributed by atoms with van der Waals surface area (Å²) in [5.74, 6) is 0. The molecule has 0 saturated carbocycles. The van der Waals surface area contributed by atoms with Crippen molar-refractivity contribution >= 4 is 22.9 Å². The zero-order chi connectivity index (χ0) is 13.0. The SMILES string of the molecule is CCNC(CC)c1cccc(-c2sccc2Cl)c1. The number of benzene rings is 1. The average Bonchev–Trinajstić information content (AvgIpc) is 2.82. The fourth-order valence-electron chi connectivity index (χ4n) is 2.14. The molecule has 0 aliphatic carbocycles. The minimum Gasteiger partial charge on any atom is -0.310 e. The first-order valence-corrected chi connectivity index (χ1v) is 7.58. The standard InChI is InChI=1S/C15H18ClNS/c1-3-14(17-4-2)11-6-5-7-12(10-11)15-13(16)8-9-18-15/h5-10,14,17H,3-4H2,1-2H3. The van der Waals surface area contributed by atoms with Gasteiger partial charge in [-0.2, -0.15) is 0 Å². The molecule has 0 bridgehead atoms. The Bertz CT molecular complexity index is 507. The van der Waals surface area contributed by atoms with Crippen LogP contribution in [0.2, 0.25) is 5.02 Å². The first kappa shape index (κ1) is 13.6. The Morgan fingerprint density at radius 2 is 2.11 bits per heavy atom. The van der Waals surface area contributed by atoms with Crippen molar-refractivity contribution in [1.82, 2.24) is 5.32 Å². The molecule has 0 spiro atoms. The van der Waals surface area contributed by atoms with Crippen LogP contribution in [0, 0.1) is 0 Å². The maximum Gasteiger partial charge on any atom is 0.0592 e. The fourth-order valence-corrected chi connectivity index (χ4v) is 3.30. The second kappa shape index (κ2) is 6.37. The molecule has 1 unspecified atom stereocenters. The molecule has 3 heteroatoms. The third kappa shape index (κ3) is 2.94. The van der Waals surface area contributed by atoms with Crippen molar-refractivity contribution in [3.05, 3.63) is 46.3 Å². The Morgan fingerprint density at radius 3 is 2.72 bits per heavy atom. The highest BCUT2D eigenvalue weighted by atomic mass is 35.5. The Morgan fingerprint density at radius 1 is 1.28 bits per heavy atom. The summed E-state index contributed by atoms with van der Waals surface area (Å²) in [5, 5.41) is 6.38. The monoisotopic (exact) mass is 279 g/mol. The molecule has 2 aromatic rings. The van der Waals surface area contributed by atoms with Gasteiger partial charge in [0, 0.05) is 6.04 Å². The third-order valence-electron chi connectivity index (χ3n) is 3.03. The van der Waals surface area contributed by atoms with Gasteiger partial charge in [-0.3, -0.25) is 0 Å². The second-order valence-electron chi connectivity index (χ2n) is 4.24. The Kier molecular flexibility index (Phi) is 4.81. The third-order valence-corrected chi connectivity index (χ3v) is 4.42. The maximum atomic E-state index is 6.20. The second-order valence-corrected chi connectivity index (χ2v) is 5.56. The minimum atomic E-state index is 0.425. The van der Waals surface area contributed by atoms with E-state index in [2.05, 4.69) is 43.4 Å². The van der Waals surface area contributed by atoms with Crippen LogP contribution < -0.4 is 5.32 Å². The molecule has 2 rings (SSSR count). The van der Waals surface area contributed by atoms with Crippen molar-refractivity contribution in [2.45, 2.75) is 26.3 Å². The van der Waals surface area contributed by atoms with Crippen molar-refractivity contribution < 1.29 is 0 Å². The predicted octanol–water partition coefficient (Wildman–Crippen LogP) is 5.13. The van der Waals surface area contributed by atoms with Crippen molar-refractivity contribution in [3.8, 4) is 10.4 Å². The van der Waals surface area contributed by atoms with Gasteiger partial charge in [-0.1, -0.05) is 43.6 Å². The highest BCUT2D eigenvalue weighted by molar-refractivity contribution is 7.14. The van der Waals surface area contributed by atoms with E-state index in [4.69, 9.17) is 11.6 Å². The van der Waals surface area contributed by atoms with Crippen LogP contribution in [0.1, 0.15) is 31.9 Å². The van der Waals surface area contributed by atoms with E-state index in [1.807, 2.05) is 11.4 Å². The number of thiophene rings is 1. The van der Waals surface area contributed by atoms with Crippen LogP contribution in [0.4, 0.5) is 0 Å². The molecule has 1 aromatic heterocycles. The van der Waals surface area contributed by atoms with Crippen LogP contribution in [-0.2, 0) is 0 Å². The summed E-state index contributed by atoms with van der Waals surface area (Å²) in [5.41, 5.74) is 2.55. The minimum absolute atomic E-state index is 0.425. The van der Waals surface area contributed by atoms with E-state index in [0.717, 1.165) is 22.9 Å². The summed E-state index contributed by atoms with van der Waals surface area (Å²) in [6.45, 7) is 5.34. The molecule has 0 aliphatic heterocycles. The Balaban J connectivity index is 2.33. The van der Waals surface area contributed by atoms with Gasteiger partial charge >= 0.3 is 0 Å². The summed E-state index contributed by atoms with van der Waals surface area (Å²) in [7, 11) is 0. The molecule has 96 valence electrons. The van der Waals surface area contributed by atoms with Gasteiger partial charge in [0.25, 0.3) is 0 Å². The lowest BCUT2D eigenvalue weighted by Crippen LogP contribution is -2.19. The van der Waals surface area contributed by atoms with Crippen LogP contribution in [-0.4, -0.2) is 6.54 Å². The molecule has 1 N–H and O–H groups in total. The van der Waals surface area contributed by atoms with E-state index in [9.17, 15) is 0 Å². The van der Waals surface area contributed by atoms with E-state index >= 15 is 0 Å². The molecule has 0 radical (unpaired) electrons. The summed E-state index contributed by atoms with van der Waals surface area (Å²) in [6.07, 6.45) is 1.09. The molecule has 0 amide bonds. The highest BCUT2D eigenvalue weighted by Crippen LogP contribution is 2.34. The lowest BCUT2D eigenvalue weighted by atomic mass is 10.0. The van der Waals surface area contributed by atoms with Crippen molar-refractivity contribution in [3.63, 3.8) is 0 Å². The first-order chi connectivity index (χ1) is 8.76. The van der Waals surface area contributed by atoms with Crippen LogP contribution >= 0.6 is 22.9 Å². The van der Waals surface area contributed by atoms with Gasteiger partial charge in [-0.25, -0.2) is 0 Å². The number of rotatable bonds is 5. The molecule has 0 aliphatic rings. The van der Waals surface area contributed by atoms with E-state index in [1.54, 1.807) is 11.3 Å². The number of nitrogens with one attached hydrogen (secondary N) is 1. The Hall–Kier alpha value is -0.830. The van der Waals surface area contributed by atoms with Crippen molar-refractivity contribution in [2.24, 2.45) is 0 Å². The molecule has 0 fully saturated rings. The van der Waals surface area contributed by atoms with Gasteiger partial charge in [0.05, 0.1) is 9.90 Å². The quantitative estimate of drug-likeness (QED) is 0.800. The number of halogens is 1. The zero-order valence-electron chi connectivity index (χ0n) is 10.7. The van der Waals surface area contributed by atoms with Gasteiger partial charge in [-0.05, 0) is 41.6 Å². The summed E-state index contributed by atoms with van der Waals surface area (Å²) in [4.78, 5) is 1.16. The summed E-state index contributed by atoms with van der Waals surface area (Å²) < 4.78 is 0.